The highest BCUT2D eigenvalue weighted by molar-refractivity contribution is 5.77. The monoisotopic (exact) mass is 235 g/mol. The number of nitrogens with two attached hydrogens (primary N) is 1. The minimum Gasteiger partial charge on any atom is -0.383 e. The number of nitrogen functional groups attached to an aromatic ring is 1. The third-order valence-electron chi connectivity index (χ3n) is 2.92. The van der Waals surface area contributed by atoms with Crippen molar-refractivity contribution in [3.8, 4) is 0 Å². The van der Waals surface area contributed by atoms with Crippen LogP contribution in [-0.4, -0.2) is 35.5 Å². The van der Waals surface area contributed by atoms with E-state index in [1.165, 1.54) is 6.33 Å². The molecular formula is C11H17N5O. The summed E-state index contributed by atoms with van der Waals surface area (Å²) in [5, 5.41) is 2.84. The summed E-state index contributed by atoms with van der Waals surface area (Å²) in [4.78, 5) is 21.7. The van der Waals surface area contributed by atoms with E-state index in [2.05, 4.69) is 20.2 Å². The predicted octanol–water partition coefficient (Wildman–Crippen LogP) is -0.0525. The molecule has 1 aliphatic heterocycles. The lowest BCUT2D eigenvalue weighted by Gasteiger charge is -2.23. The molecule has 1 amide bonds. The number of rotatable bonds is 2. The van der Waals surface area contributed by atoms with E-state index in [-0.39, 0.29) is 5.91 Å². The Labute approximate surface area is 100 Å². The second kappa shape index (κ2) is 4.99. The smallest absolute Gasteiger partial charge is 0.221 e. The molecule has 17 heavy (non-hydrogen) atoms. The second-order valence-electron chi connectivity index (χ2n) is 4.00. The first-order chi connectivity index (χ1) is 8.22. The van der Waals surface area contributed by atoms with Gasteiger partial charge in [0, 0.05) is 31.6 Å². The van der Waals surface area contributed by atoms with Crippen molar-refractivity contribution >= 4 is 17.5 Å². The van der Waals surface area contributed by atoms with Crippen LogP contribution in [0, 0.1) is 0 Å². The standard InChI is InChI=1S/C11H17N5O/c1-2-8-10(12)14-7-15-11(8)16-5-3-9(17)13-4-6-16/h7H,2-6H2,1H3,(H,13,17)(H2,12,14,15). The average molecular weight is 235 g/mol. The first-order valence-electron chi connectivity index (χ1n) is 5.83. The van der Waals surface area contributed by atoms with Gasteiger partial charge in [0.05, 0.1) is 0 Å². The maximum absolute atomic E-state index is 11.3. The molecule has 0 atom stereocenters. The number of hydrogen-bond acceptors (Lipinski definition) is 5. The number of anilines is 2. The molecule has 1 saturated heterocycles. The molecule has 0 spiro atoms. The minimum atomic E-state index is 0.0903. The molecule has 3 N–H and O–H groups in total. The van der Waals surface area contributed by atoms with Gasteiger partial charge in [-0.05, 0) is 6.42 Å². The largest absolute Gasteiger partial charge is 0.383 e. The number of carbonyl (C=O) groups excluding carboxylic acids is 1. The fourth-order valence-corrected chi connectivity index (χ4v) is 2.01. The van der Waals surface area contributed by atoms with Gasteiger partial charge in [0.2, 0.25) is 5.91 Å². The Bertz CT molecular complexity index is 420. The molecule has 92 valence electrons. The SMILES string of the molecule is CCc1c(N)ncnc1N1CCNC(=O)CC1. The van der Waals surface area contributed by atoms with Gasteiger partial charge in [-0.2, -0.15) is 0 Å². The van der Waals surface area contributed by atoms with Gasteiger partial charge < -0.3 is 16.0 Å². The van der Waals surface area contributed by atoms with E-state index in [1.807, 2.05) is 6.92 Å². The van der Waals surface area contributed by atoms with E-state index in [0.717, 1.165) is 24.3 Å². The van der Waals surface area contributed by atoms with Crippen LogP contribution < -0.4 is 16.0 Å². The number of aromatic nitrogens is 2. The Balaban J connectivity index is 2.26. The summed E-state index contributed by atoms with van der Waals surface area (Å²) in [6, 6.07) is 0. The third-order valence-corrected chi connectivity index (χ3v) is 2.92. The Morgan fingerprint density at radius 3 is 3.06 bits per heavy atom. The van der Waals surface area contributed by atoms with E-state index in [9.17, 15) is 4.79 Å². The molecule has 0 aromatic carbocycles. The van der Waals surface area contributed by atoms with E-state index >= 15 is 0 Å². The van der Waals surface area contributed by atoms with Crippen molar-refractivity contribution < 1.29 is 4.79 Å². The van der Waals surface area contributed by atoms with Gasteiger partial charge in [-0.15, -0.1) is 0 Å². The quantitative estimate of drug-likeness (QED) is 0.750. The van der Waals surface area contributed by atoms with Crippen molar-refractivity contribution in [1.29, 1.82) is 0 Å². The highest BCUT2D eigenvalue weighted by atomic mass is 16.1. The Morgan fingerprint density at radius 2 is 2.29 bits per heavy atom. The van der Waals surface area contributed by atoms with Crippen molar-refractivity contribution in [1.82, 2.24) is 15.3 Å². The van der Waals surface area contributed by atoms with Crippen LogP contribution in [0.5, 0.6) is 0 Å². The normalized spacial score (nSPS) is 16.5. The Kier molecular flexibility index (Phi) is 3.41. The first-order valence-corrected chi connectivity index (χ1v) is 5.83. The maximum Gasteiger partial charge on any atom is 0.221 e. The molecule has 0 aliphatic carbocycles. The summed E-state index contributed by atoms with van der Waals surface area (Å²) in [6.07, 6.45) is 2.76. The van der Waals surface area contributed by atoms with Gasteiger partial charge in [0.1, 0.15) is 18.0 Å². The van der Waals surface area contributed by atoms with Crippen molar-refractivity contribution in [3.05, 3.63) is 11.9 Å². The molecule has 6 nitrogen and oxygen atoms in total. The molecule has 6 heteroatoms. The number of nitrogens with zero attached hydrogens (tertiary/aromatic N) is 3. The van der Waals surface area contributed by atoms with Crippen LogP contribution in [0.3, 0.4) is 0 Å². The molecule has 0 bridgehead atoms. The third kappa shape index (κ3) is 2.46. The lowest BCUT2D eigenvalue weighted by atomic mass is 10.2. The number of hydrogen-bond donors (Lipinski definition) is 2. The summed E-state index contributed by atoms with van der Waals surface area (Å²) >= 11 is 0. The highest BCUT2D eigenvalue weighted by Crippen LogP contribution is 2.22. The second-order valence-corrected chi connectivity index (χ2v) is 4.00. The maximum atomic E-state index is 11.3. The molecule has 2 heterocycles. The van der Waals surface area contributed by atoms with Crippen LogP contribution in [0.25, 0.3) is 0 Å². The molecule has 0 unspecified atom stereocenters. The van der Waals surface area contributed by atoms with Crippen molar-refractivity contribution in [3.63, 3.8) is 0 Å². The summed E-state index contributed by atoms with van der Waals surface area (Å²) < 4.78 is 0. The first kappa shape index (κ1) is 11.6. The molecule has 0 radical (unpaired) electrons. The fraction of sp³-hybridized carbons (Fsp3) is 0.545. The summed E-state index contributed by atoms with van der Waals surface area (Å²) in [7, 11) is 0. The van der Waals surface area contributed by atoms with Gasteiger partial charge in [0.15, 0.2) is 0 Å². The Hall–Kier alpha value is -1.85. The van der Waals surface area contributed by atoms with E-state index in [1.54, 1.807) is 0 Å². The van der Waals surface area contributed by atoms with Crippen LogP contribution in [0.2, 0.25) is 0 Å². The molecular weight excluding hydrogens is 218 g/mol. The molecule has 0 saturated carbocycles. The highest BCUT2D eigenvalue weighted by Gasteiger charge is 2.18. The molecule has 1 aromatic heterocycles. The number of amides is 1. The van der Waals surface area contributed by atoms with Gasteiger partial charge in [-0.3, -0.25) is 4.79 Å². The Morgan fingerprint density at radius 1 is 1.47 bits per heavy atom. The van der Waals surface area contributed by atoms with Gasteiger partial charge in [-0.25, -0.2) is 9.97 Å². The fourth-order valence-electron chi connectivity index (χ4n) is 2.01. The van der Waals surface area contributed by atoms with Gasteiger partial charge >= 0.3 is 0 Å². The van der Waals surface area contributed by atoms with Gasteiger partial charge in [0.25, 0.3) is 0 Å². The van der Waals surface area contributed by atoms with Crippen molar-refractivity contribution in [2.75, 3.05) is 30.3 Å². The van der Waals surface area contributed by atoms with Crippen LogP contribution in [0.4, 0.5) is 11.6 Å². The van der Waals surface area contributed by atoms with Crippen molar-refractivity contribution in [2.45, 2.75) is 19.8 Å². The topological polar surface area (TPSA) is 84.1 Å². The average Bonchev–Trinajstić information content (AvgIpc) is 2.54. The molecule has 1 aromatic rings. The zero-order chi connectivity index (χ0) is 12.3. The lowest BCUT2D eigenvalue weighted by molar-refractivity contribution is -0.120. The van der Waals surface area contributed by atoms with Crippen LogP contribution in [-0.2, 0) is 11.2 Å². The van der Waals surface area contributed by atoms with E-state index in [0.29, 0.717) is 25.3 Å². The summed E-state index contributed by atoms with van der Waals surface area (Å²) in [6.45, 7) is 4.11. The lowest BCUT2D eigenvalue weighted by Crippen LogP contribution is -2.30. The number of carbonyl (C=O) groups is 1. The molecule has 2 rings (SSSR count). The summed E-state index contributed by atoms with van der Waals surface area (Å²) in [5.41, 5.74) is 6.80. The summed E-state index contributed by atoms with van der Waals surface area (Å²) in [5.74, 6) is 1.48. The zero-order valence-corrected chi connectivity index (χ0v) is 9.94. The van der Waals surface area contributed by atoms with Gasteiger partial charge in [-0.1, -0.05) is 6.92 Å². The zero-order valence-electron chi connectivity index (χ0n) is 9.94. The van der Waals surface area contributed by atoms with Crippen LogP contribution in [0.1, 0.15) is 18.9 Å². The molecule has 1 aliphatic rings. The minimum absolute atomic E-state index is 0.0903. The molecule has 1 fully saturated rings. The van der Waals surface area contributed by atoms with Crippen molar-refractivity contribution in [2.24, 2.45) is 0 Å². The number of nitrogens with one attached hydrogen (secondary N) is 1. The predicted molar refractivity (Wildman–Crippen MR) is 65.7 cm³/mol. The van der Waals surface area contributed by atoms with E-state index in [4.69, 9.17) is 5.73 Å². The van der Waals surface area contributed by atoms with Crippen LogP contribution >= 0.6 is 0 Å². The van der Waals surface area contributed by atoms with Crippen LogP contribution in [0.15, 0.2) is 6.33 Å². The van der Waals surface area contributed by atoms with E-state index < -0.39 is 0 Å².